The molecular weight excluding hydrogens is 303 g/mol. The number of rotatable bonds is 2. The molecule has 0 saturated carbocycles. The van der Waals surface area contributed by atoms with Crippen molar-refractivity contribution in [2.45, 2.75) is 0 Å². The molecule has 0 aromatic heterocycles. The summed E-state index contributed by atoms with van der Waals surface area (Å²) < 4.78 is 18.6. The molecule has 0 aliphatic carbocycles. The Hall–Kier alpha value is 1.14. The molecule has 0 bridgehead atoms. The Kier molecular flexibility index (Phi) is 18.2. The Morgan fingerprint density at radius 2 is 1.00 bits per heavy atom. The topological polar surface area (TPSA) is 176 Å². The van der Waals surface area contributed by atoms with Crippen molar-refractivity contribution >= 4 is 45.2 Å². The molecule has 0 radical (unpaired) electrons. The molecule has 7 N–H and O–H groups in total. The fourth-order valence-corrected chi connectivity index (χ4v) is 0.300. The van der Waals surface area contributed by atoms with Gasteiger partial charge in [0.05, 0.1) is 27.7 Å². The molecule has 110 valence electrons. The molecule has 0 rings (SSSR count). The van der Waals surface area contributed by atoms with Gasteiger partial charge in [-0.1, -0.05) is 0 Å². The Bertz CT molecular complexity index is 232. The maximum atomic E-state index is 8.88. The molecule has 0 heterocycles. The van der Waals surface area contributed by atoms with Crippen LogP contribution in [0.5, 0.6) is 0 Å². The van der Waals surface area contributed by atoms with E-state index in [1.54, 1.807) is 0 Å². The van der Waals surface area contributed by atoms with Crippen molar-refractivity contribution in [2.75, 3.05) is 34.3 Å². The van der Waals surface area contributed by atoms with Gasteiger partial charge in [0, 0.05) is 0 Å². The van der Waals surface area contributed by atoms with E-state index in [2.05, 4.69) is 21.1 Å². The zero-order valence-corrected chi connectivity index (χ0v) is 11.5. The van der Waals surface area contributed by atoms with Crippen LogP contribution in [0.4, 0.5) is 0 Å². The van der Waals surface area contributed by atoms with Crippen LogP contribution in [0.3, 0.4) is 0 Å². The predicted octanol–water partition coefficient (Wildman–Crippen LogP) is -2.82. The molecule has 10 nitrogen and oxygen atoms in total. The quantitative estimate of drug-likeness (QED) is 0.160. The van der Waals surface area contributed by atoms with Crippen LogP contribution in [0.1, 0.15) is 0 Å². The van der Waals surface area contributed by atoms with Crippen molar-refractivity contribution in [3.05, 3.63) is 0 Å². The summed E-state index contributed by atoms with van der Waals surface area (Å²) in [4.78, 5) is 43.1. The minimum atomic E-state index is -4.64. The molecule has 0 aliphatic rings. The average molecular weight is 324 g/mol. The van der Waals surface area contributed by atoms with Crippen molar-refractivity contribution in [1.82, 2.24) is 0 Å². The van der Waals surface area contributed by atoms with Gasteiger partial charge in [-0.05, 0) is 0 Å². The third-order valence-electron chi connectivity index (χ3n) is 0.771. The zero-order chi connectivity index (χ0) is 14.9. The van der Waals surface area contributed by atoms with Crippen molar-refractivity contribution in [3.63, 3.8) is 0 Å². The van der Waals surface area contributed by atoms with Crippen molar-refractivity contribution in [3.8, 4) is 0 Å². The van der Waals surface area contributed by atoms with E-state index in [-0.39, 0.29) is 36.2 Å². The summed E-state index contributed by atoms with van der Waals surface area (Å²) in [5.41, 5.74) is 0. The molecule has 18 heavy (non-hydrogen) atoms. The minimum absolute atomic E-state index is 0. The third kappa shape index (κ3) is 169. The van der Waals surface area contributed by atoms with Crippen LogP contribution in [0.2, 0.25) is 0 Å². The molecule has 0 saturated heterocycles. The summed E-state index contributed by atoms with van der Waals surface area (Å²) in [6.07, 6.45) is 0. The number of hydrogen-bond acceptors (Lipinski definition) is 3. The van der Waals surface area contributed by atoms with Gasteiger partial charge in [0.25, 0.3) is 0 Å². The third-order valence-corrected chi connectivity index (χ3v) is 0.771. The van der Waals surface area contributed by atoms with E-state index in [1.165, 1.54) is 0 Å². The first-order valence-corrected chi connectivity index (χ1v) is 7.17. The standard InChI is InChI=1S/C5H14NO.Na.2H3O4P.H/c1-6(2,3)4-5-7;;2*1-5(2,3)4;/h7H,4-5H2,1-3H3;;2*(H3,1,2,3,4);/q+1;;;;. The van der Waals surface area contributed by atoms with Gasteiger partial charge in [-0.3, -0.25) is 0 Å². The second kappa shape index (κ2) is 11.9. The van der Waals surface area contributed by atoms with Gasteiger partial charge >= 0.3 is 45.2 Å². The van der Waals surface area contributed by atoms with Crippen molar-refractivity contribution < 1.29 is 48.1 Å². The number of nitrogens with zero attached hydrogens (tertiary/aromatic N) is 1. The van der Waals surface area contributed by atoms with E-state index in [1.807, 2.05) is 0 Å². The molecule has 0 aromatic rings. The van der Waals surface area contributed by atoms with E-state index in [0.717, 1.165) is 11.0 Å². The first kappa shape index (κ1) is 27.5. The fraction of sp³-hybridized carbons (Fsp3) is 1.00. The Labute approximate surface area is 127 Å². The van der Waals surface area contributed by atoms with Crippen LogP contribution in [0.15, 0.2) is 0 Å². The van der Waals surface area contributed by atoms with Crippen LogP contribution in [-0.4, -0.2) is 103 Å². The van der Waals surface area contributed by atoms with E-state index in [9.17, 15) is 0 Å². The number of likely N-dealkylation sites (N-methyl/N-ethyl adjacent to an activating group) is 1. The number of aliphatic hydroxyl groups excluding tert-OH is 1. The Balaban J connectivity index is -0.0000000813. The molecule has 0 aliphatic heterocycles. The predicted molar refractivity (Wildman–Crippen MR) is 65.7 cm³/mol. The zero-order valence-electron chi connectivity index (χ0n) is 9.70. The van der Waals surface area contributed by atoms with Gasteiger partial charge in [0.15, 0.2) is 0 Å². The summed E-state index contributed by atoms with van der Waals surface area (Å²) >= 11 is 0. The molecule has 0 spiro atoms. The number of hydrogen-bond donors (Lipinski definition) is 7. The maximum absolute atomic E-state index is 8.88. The second-order valence-electron chi connectivity index (χ2n) is 3.76. The SMILES string of the molecule is C[N+](C)(C)CCO.O=P(O)(O)O.O=P(O)(O)O.[NaH]. The van der Waals surface area contributed by atoms with Crippen LogP contribution < -0.4 is 0 Å². The van der Waals surface area contributed by atoms with E-state index >= 15 is 0 Å². The van der Waals surface area contributed by atoms with E-state index in [4.69, 9.17) is 43.6 Å². The number of quaternary nitrogens is 1. The van der Waals surface area contributed by atoms with Gasteiger partial charge < -0.3 is 39.0 Å². The van der Waals surface area contributed by atoms with Gasteiger partial charge in [-0.2, -0.15) is 0 Å². The normalized spacial score (nSPS) is 11.2. The van der Waals surface area contributed by atoms with Crippen LogP contribution in [0.25, 0.3) is 0 Å². The van der Waals surface area contributed by atoms with Gasteiger partial charge in [-0.25, -0.2) is 9.13 Å². The first-order chi connectivity index (χ1) is 7.06. The Morgan fingerprint density at radius 3 is 1.00 bits per heavy atom. The van der Waals surface area contributed by atoms with Crippen LogP contribution in [0, 0.1) is 0 Å². The molecule has 0 amide bonds. The van der Waals surface area contributed by atoms with Gasteiger partial charge in [-0.15, -0.1) is 0 Å². The molecule has 0 fully saturated rings. The summed E-state index contributed by atoms with van der Waals surface area (Å²) in [5.74, 6) is 0. The number of aliphatic hydroxyl groups is 1. The first-order valence-electron chi connectivity index (χ1n) is 4.04. The molecular formula is C5H21NNaO9P2+. The Morgan fingerprint density at radius 1 is 0.833 bits per heavy atom. The van der Waals surface area contributed by atoms with Crippen molar-refractivity contribution in [2.24, 2.45) is 0 Å². The van der Waals surface area contributed by atoms with Crippen LogP contribution >= 0.6 is 15.6 Å². The second-order valence-corrected chi connectivity index (χ2v) is 5.82. The average Bonchev–Trinajstić information content (AvgIpc) is 1.73. The fourth-order valence-electron chi connectivity index (χ4n) is 0.300. The summed E-state index contributed by atoms with van der Waals surface area (Å²) in [6, 6.07) is 0. The summed E-state index contributed by atoms with van der Waals surface area (Å²) in [6.45, 7) is 1.11. The molecule has 13 heteroatoms. The van der Waals surface area contributed by atoms with Gasteiger partial charge in [0.2, 0.25) is 0 Å². The number of phosphoric acid groups is 2. The van der Waals surface area contributed by atoms with Crippen LogP contribution in [-0.2, 0) is 9.13 Å². The monoisotopic (exact) mass is 324 g/mol. The van der Waals surface area contributed by atoms with Crippen molar-refractivity contribution in [1.29, 1.82) is 0 Å². The van der Waals surface area contributed by atoms with E-state index in [0.29, 0.717) is 0 Å². The van der Waals surface area contributed by atoms with E-state index < -0.39 is 15.6 Å². The molecule has 0 aromatic carbocycles. The van der Waals surface area contributed by atoms with Gasteiger partial charge in [0.1, 0.15) is 6.54 Å². The molecule has 0 unspecified atom stereocenters. The summed E-state index contributed by atoms with van der Waals surface area (Å²) in [7, 11) is -3.12. The summed E-state index contributed by atoms with van der Waals surface area (Å²) in [5, 5.41) is 8.39. The molecule has 0 atom stereocenters.